The number of rotatable bonds is 6. The number of furan rings is 1. The van der Waals surface area contributed by atoms with Crippen molar-refractivity contribution in [2.45, 2.75) is 111 Å². The van der Waals surface area contributed by atoms with E-state index in [9.17, 15) is 0 Å². The van der Waals surface area contributed by atoms with E-state index in [-0.39, 0.29) is 28.4 Å². The summed E-state index contributed by atoms with van der Waals surface area (Å²) in [7, 11) is 0. The first-order valence-electron chi connectivity index (χ1n) is 25.7. The molecule has 2 aliphatic rings. The molecule has 9 aromatic rings. The summed E-state index contributed by atoms with van der Waals surface area (Å²) in [5.74, 6) is 0. The summed E-state index contributed by atoms with van der Waals surface area (Å²) >= 11 is 0. The number of nitrogens with zero attached hydrogens (tertiary/aromatic N) is 2. The Bertz CT molecular complexity index is 3530. The fourth-order valence-corrected chi connectivity index (χ4v) is 11.0. The zero-order valence-corrected chi connectivity index (χ0v) is 43.8. The molecule has 71 heavy (non-hydrogen) atoms. The molecule has 4 heteroatoms. The van der Waals surface area contributed by atoms with Crippen LogP contribution in [0.5, 0.6) is 0 Å². The standard InChI is InChI=1S/C67H67BN2O/c1-64(2,3)46-28-23-43(24-29-46)17-15-18-44-25-37-54-57(39-44)70(51-35-30-47(31-36-51)65(4,5)6)59-42-49(67(10,11)12)41-58-63(59)68(54)55-40-48(66(7,8)9)32-38-56(55)69(58)50-33-26-45(27-34-50)52-20-16-22-61-62(52)53-19-13-14-21-60(53)71-61/h13-17,19-42H,18H2,1-12H3/b17-15+. The van der Waals surface area contributed by atoms with Gasteiger partial charge in [-0.2, -0.15) is 0 Å². The van der Waals surface area contributed by atoms with Crippen LogP contribution in [0.2, 0.25) is 0 Å². The minimum Gasteiger partial charge on any atom is -0.456 e. The van der Waals surface area contributed by atoms with Gasteiger partial charge in [0.2, 0.25) is 0 Å². The Kier molecular flexibility index (Phi) is 11.0. The van der Waals surface area contributed by atoms with Gasteiger partial charge in [0.05, 0.1) is 0 Å². The molecule has 0 amide bonds. The number of para-hydroxylation sites is 1. The first kappa shape index (κ1) is 46.4. The van der Waals surface area contributed by atoms with E-state index in [0.717, 1.165) is 39.6 Å². The Morgan fingerprint density at radius 3 is 1.65 bits per heavy atom. The lowest BCUT2D eigenvalue weighted by Gasteiger charge is -2.45. The predicted molar refractivity (Wildman–Crippen MR) is 307 cm³/mol. The number of fused-ring (bicyclic) bond motifs is 7. The molecule has 354 valence electrons. The van der Waals surface area contributed by atoms with E-state index < -0.39 is 0 Å². The van der Waals surface area contributed by atoms with Crippen molar-refractivity contribution in [3.63, 3.8) is 0 Å². The molecule has 0 unspecified atom stereocenters. The van der Waals surface area contributed by atoms with Gasteiger partial charge in [-0.3, -0.25) is 0 Å². The Morgan fingerprint density at radius 1 is 0.451 bits per heavy atom. The molecule has 0 fully saturated rings. The second-order valence-electron chi connectivity index (χ2n) is 24.3. The predicted octanol–water partition coefficient (Wildman–Crippen LogP) is 16.8. The Labute approximate surface area is 423 Å². The molecule has 3 heterocycles. The van der Waals surface area contributed by atoms with Crippen LogP contribution in [0.4, 0.5) is 34.1 Å². The van der Waals surface area contributed by atoms with Crippen molar-refractivity contribution in [2.24, 2.45) is 0 Å². The third-order valence-corrected chi connectivity index (χ3v) is 15.1. The van der Waals surface area contributed by atoms with Gasteiger partial charge >= 0.3 is 0 Å². The number of allylic oxidation sites excluding steroid dienone is 1. The third-order valence-electron chi connectivity index (χ3n) is 15.1. The summed E-state index contributed by atoms with van der Waals surface area (Å²) in [6, 6.07) is 62.1. The maximum atomic E-state index is 6.34. The van der Waals surface area contributed by atoms with Crippen molar-refractivity contribution >= 4 is 85.2 Å². The van der Waals surface area contributed by atoms with E-state index in [1.54, 1.807) is 0 Å². The lowest BCUT2D eigenvalue weighted by Crippen LogP contribution is -2.61. The van der Waals surface area contributed by atoms with Gasteiger partial charge in [0.25, 0.3) is 6.71 Å². The van der Waals surface area contributed by atoms with Crippen molar-refractivity contribution < 1.29 is 4.42 Å². The van der Waals surface area contributed by atoms with Crippen LogP contribution in [0.15, 0.2) is 174 Å². The molecule has 11 rings (SSSR count). The normalized spacial score (nSPS) is 13.8. The second-order valence-corrected chi connectivity index (χ2v) is 24.3. The molecule has 0 aliphatic carbocycles. The van der Waals surface area contributed by atoms with Gasteiger partial charge in [-0.15, -0.1) is 0 Å². The van der Waals surface area contributed by atoms with Crippen LogP contribution in [-0.2, 0) is 28.1 Å². The highest BCUT2D eigenvalue weighted by atomic mass is 16.3. The minimum atomic E-state index is -0.126. The van der Waals surface area contributed by atoms with Crippen molar-refractivity contribution in [3.8, 4) is 11.1 Å². The van der Waals surface area contributed by atoms with Crippen molar-refractivity contribution in [1.29, 1.82) is 0 Å². The molecule has 1 aromatic heterocycles. The van der Waals surface area contributed by atoms with E-state index in [0.29, 0.717) is 0 Å². The van der Waals surface area contributed by atoms with Crippen LogP contribution in [0.3, 0.4) is 0 Å². The molecule has 8 aromatic carbocycles. The van der Waals surface area contributed by atoms with E-state index in [4.69, 9.17) is 4.42 Å². The molecule has 0 radical (unpaired) electrons. The zero-order valence-electron chi connectivity index (χ0n) is 43.8. The average Bonchev–Trinajstić information content (AvgIpc) is 3.72. The summed E-state index contributed by atoms with van der Waals surface area (Å²) in [5, 5.41) is 2.30. The number of benzene rings is 8. The fraction of sp³-hybridized carbons (Fsp3) is 0.254. The molecule has 0 spiro atoms. The SMILES string of the molecule is CC(C)(C)c1ccc(/C=C/Cc2ccc3c(c2)N(c2ccc(C(C)(C)C)cc2)c2cc(C(C)(C)C)cc4c2B3c2cc(C(C)(C)C)ccc2N4c2ccc(-c3cccc4oc5ccccc5c34)cc2)cc1. The fourth-order valence-electron chi connectivity index (χ4n) is 11.0. The molecule has 2 aliphatic heterocycles. The van der Waals surface area contributed by atoms with Crippen LogP contribution in [0.1, 0.15) is 116 Å². The zero-order chi connectivity index (χ0) is 49.8. The topological polar surface area (TPSA) is 19.6 Å². The lowest BCUT2D eigenvalue weighted by atomic mass is 9.33. The molecule has 3 nitrogen and oxygen atoms in total. The van der Waals surface area contributed by atoms with E-state index in [1.807, 2.05) is 6.07 Å². The highest BCUT2D eigenvalue weighted by Crippen LogP contribution is 2.48. The van der Waals surface area contributed by atoms with E-state index in [2.05, 4.69) is 263 Å². The van der Waals surface area contributed by atoms with Gasteiger partial charge < -0.3 is 14.2 Å². The van der Waals surface area contributed by atoms with Crippen LogP contribution in [0.25, 0.3) is 39.1 Å². The average molecular weight is 927 g/mol. The van der Waals surface area contributed by atoms with E-state index in [1.165, 1.54) is 83.8 Å². The van der Waals surface area contributed by atoms with Crippen LogP contribution in [-0.4, -0.2) is 6.71 Å². The molecule has 0 N–H and O–H groups in total. The Morgan fingerprint density at radius 2 is 1.01 bits per heavy atom. The lowest BCUT2D eigenvalue weighted by molar-refractivity contribution is 0.590. The summed E-state index contributed by atoms with van der Waals surface area (Å²) in [6.45, 7) is 27.8. The largest absolute Gasteiger partial charge is 0.456 e. The van der Waals surface area contributed by atoms with Crippen molar-refractivity contribution in [2.75, 3.05) is 9.80 Å². The van der Waals surface area contributed by atoms with Crippen molar-refractivity contribution in [3.05, 3.63) is 203 Å². The smallest absolute Gasteiger partial charge is 0.252 e. The molecule has 0 bridgehead atoms. The number of hydrogen-bond acceptors (Lipinski definition) is 3. The maximum Gasteiger partial charge on any atom is 0.252 e. The summed E-state index contributed by atoms with van der Waals surface area (Å²) < 4.78 is 6.34. The van der Waals surface area contributed by atoms with Crippen molar-refractivity contribution in [1.82, 2.24) is 0 Å². The van der Waals surface area contributed by atoms with Crippen LogP contribution in [0, 0.1) is 0 Å². The maximum absolute atomic E-state index is 6.34. The second kappa shape index (κ2) is 16.8. The summed E-state index contributed by atoms with van der Waals surface area (Å²) in [4.78, 5) is 5.14. The van der Waals surface area contributed by atoms with Crippen LogP contribution >= 0.6 is 0 Å². The molecule has 0 atom stereocenters. The quantitative estimate of drug-likeness (QED) is 0.155. The van der Waals surface area contributed by atoms with Gasteiger partial charge in [0.15, 0.2) is 0 Å². The van der Waals surface area contributed by atoms with Gasteiger partial charge in [-0.25, -0.2) is 0 Å². The monoisotopic (exact) mass is 927 g/mol. The first-order valence-corrected chi connectivity index (χ1v) is 25.7. The van der Waals surface area contributed by atoms with Gasteiger partial charge in [0, 0.05) is 44.9 Å². The summed E-state index contributed by atoms with van der Waals surface area (Å²) in [6.07, 6.45) is 5.43. The number of anilines is 6. The summed E-state index contributed by atoms with van der Waals surface area (Å²) in [5.41, 5.74) is 23.2. The van der Waals surface area contributed by atoms with Gasteiger partial charge in [0.1, 0.15) is 11.2 Å². The minimum absolute atomic E-state index is 0.0137. The molecule has 0 saturated carbocycles. The molecule has 0 saturated heterocycles. The van der Waals surface area contributed by atoms with E-state index >= 15 is 0 Å². The highest BCUT2D eigenvalue weighted by Gasteiger charge is 2.44. The molecular formula is C67H67BN2O. The number of hydrogen-bond donors (Lipinski definition) is 0. The Hall–Kier alpha value is -7.04. The van der Waals surface area contributed by atoms with Crippen LogP contribution < -0.4 is 26.2 Å². The molecular weight excluding hydrogens is 860 g/mol. The third kappa shape index (κ3) is 8.30. The Balaban J connectivity index is 1.11. The first-order chi connectivity index (χ1) is 33.7. The highest BCUT2D eigenvalue weighted by molar-refractivity contribution is 7.00. The van der Waals surface area contributed by atoms with Gasteiger partial charge in [-0.1, -0.05) is 198 Å². The van der Waals surface area contributed by atoms with Gasteiger partial charge in [-0.05, 0) is 150 Å².